The van der Waals surface area contributed by atoms with Crippen molar-refractivity contribution < 1.29 is 18.4 Å². The Balaban J connectivity index is 1.60. The van der Waals surface area contributed by atoms with Crippen molar-refractivity contribution in [1.82, 2.24) is 20.0 Å². The first kappa shape index (κ1) is 18.9. The summed E-state index contributed by atoms with van der Waals surface area (Å²) < 4.78 is 27.9. The molecule has 3 atom stereocenters. The number of benzene rings is 2. The largest absolute Gasteiger partial charge is 0.375 e. The molecule has 2 N–H and O–H groups in total. The van der Waals surface area contributed by atoms with Crippen molar-refractivity contribution in [2.45, 2.75) is 31.0 Å². The van der Waals surface area contributed by atoms with Gasteiger partial charge in [-0.05, 0) is 42.7 Å². The molecule has 10 heteroatoms. The molecule has 1 aromatic heterocycles. The number of carbonyl (C=O) groups is 2. The number of urea groups is 1. The standard InChI is InChI=1S/C22H17F2N5O3/c23-11-5-3-10(4-6-11)17-19(29-21(31)15-2-1-7-28(15)22(29)32)18-16-13(20(30)27-26-18)8-12(24)9-14(16)25-17/h3-6,8-9,15,17,19,25H,1-2,7H2,(H,27,30)/t15-,17?,19?/m0/s1. The number of hydrogen-bond acceptors (Lipinski definition) is 5. The van der Waals surface area contributed by atoms with E-state index >= 15 is 0 Å². The lowest BCUT2D eigenvalue weighted by Crippen LogP contribution is -2.43. The fourth-order valence-corrected chi connectivity index (χ4v) is 5.13. The van der Waals surface area contributed by atoms with E-state index in [-0.39, 0.29) is 17.0 Å². The van der Waals surface area contributed by atoms with Crippen LogP contribution in [-0.2, 0) is 4.79 Å². The number of imide groups is 1. The topological polar surface area (TPSA) is 98.4 Å². The average molecular weight is 437 g/mol. The minimum absolute atomic E-state index is 0.0691. The summed E-state index contributed by atoms with van der Waals surface area (Å²) in [6, 6.07) is 5.39. The van der Waals surface area contributed by atoms with Gasteiger partial charge >= 0.3 is 6.03 Å². The number of fused-ring (bicyclic) bond motifs is 1. The Morgan fingerprint density at radius 1 is 1.03 bits per heavy atom. The van der Waals surface area contributed by atoms with E-state index in [1.807, 2.05) is 0 Å². The number of H-pyrrole nitrogens is 1. The van der Waals surface area contributed by atoms with Gasteiger partial charge in [0.2, 0.25) is 0 Å². The molecule has 6 rings (SSSR count). The van der Waals surface area contributed by atoms with E-state index in [9.17, 15) is 23.2 Å². The fraction of sp³-hybridized carbons (Fsp3) is 0.273. The molecule has 3 aliphatic heterocycles. The molecule has 2 saturated heterocycles. The van der Waals surface area contributed by atoms with Gasteiger partial charge in [-0.15, -0.1) is 0 Å². The van der Waals surface area contributed by atoms with E-state index in [1.165, 1.54) is 23.1 Å². The van der Waals surface area contributed by atoms with Crippen LogP contribution in [0.3, 0.4) is 0 Å². The predicted octanol–water partition coefficient (Wildman–Crippen LogP) is 2.84. The first-order valence-electron chi connectivity index (χ1n) is 10.3. The number of hydrogen-bond donors (Lipinski definition) is 2. The van der Waals surface area contributed by atoms with E-state index in [2.05, 4.69) is 15.5 Å². The van der Waals surface area contributed by atoms with Gasteiger partial charge in [-0.2, -0.15) is 5.10 Å². The molecule has 3 aromatic rings. The zero-order valence-electron chi connectivity index (χ0n) is 16.6. The minimum atomic E-state index is -0.914. The summed E-state index contributed by atoms with van der Waals surface area (Å²) in [7, 11) is 0. The van der Waals surface area contributed by atoms with Crippen LogP contribution in [0.25, 0.3) is 10.8 Å². The second-order valence-electron chi connectivity index (χ2n) is 8.27. The average Bonchev–Trinajstić information content (AvgIpc) is 3.34. The van der Waals surface area contributed by atoms with Crippen LogP contribution in [0.4, 0.5) is 19.3 Å². The summed E-state index contributed by atoms with van der Waals surface area (Å²) in [6.45, 7) is 0.489. The summed E-state index contributed by atoms with van der Waals surface area (Å²) in [5, 5.41) is 10.2. The molecule has 162 valence electrons. The van der Waals surface area contributed by atoms with Gasteiger partial charge in [0.05, 0.1) is 17.1 Å². The Kier molecular flexibility index (Phi) is 3.89. The third kappa shape index (κ3) is 2.52. The Morgan fingerprint density at radius 3 is 2.56 bits per heavy atom. The van der Waals surface area contributed by atoms with Crippen molar-refractivity contribution >= 4 is 28.4 Å². The SMILES string of the molecule is O=C1[C@@H]2CCCN2C(=O)N1C1c2n[nH]c(=O)c3cc(F)cc(c23)NC1c1ccc(F)cc1. The van der Waals surface area contributed by atoms with Crippen molar-refractivity contribution in [2.24, 2.45) is 0 Å². The van der Waals surface area contributed by atoms with Crippen molar-refractivity contribution in [3.8, 4) is 0 Å². The van der Waals surface area contributed by atoms with E-state index in [1.54, 1.807) is 17.0 Å². The lowest BCUT2D eigenvalue weighted by molar-refractivity contribution is -0.129. The van der Waals surface area contributed by atoms with Gasteiger partial charge in [0.1, 0.15) is 23.7 Å². The van der Waals surface area contributed by atoms with Gasteiger partial charge in [0.25, 0.3) is 11.5 Å². The van der Waals surface area contributed by atoms with Crippen LogP contribution in [0, 0.1) is 11.6 Å². The molecule has 3 aliphatic rings. The Hall–Kier alpha value is -3.82. The number of amides is 3. The quantitative estimate of drug-likeness (QED) is 0.601. The van der Waals surface area contributed by atoms with Crippen molar-refractivity contribution in [1.29, 1.82) is 0 Å². The molecule has 4 heterocycles. The van der Waals surface area contributed by atoms with E-state index in [0.29, 0.717) is 29.6 Å². The molecule has 8 nitrogen and oxygen atoms in total. The summed E-state index contributed by atoms with van der Waals surface area (Å²) in [4.78, 5) is 41.7. The number of nitrogens with one attached hydrogen (secondary N) is 2. The summed E-state index contributed by atoms with van der Waals surface area (Å²) in [5.41, 5.74) is 0.606. The summed E-state index contributed by atoms with van der Waals surface area (Å²) in [6.07, 6.45) is 1.34. The number of halogens is 2. The molecule has 0 spiro atoms. The van der Waals surface area contributed by atoms with Crippen LogP contribution in [0.1, 0.15) is 36.2 Å². The van der Waals surface area contributed by atoms with Crippen LogP contribution in [0.15, 0.2) is 41.2 Å². The van der Waals surface area contributed by atoms with Crippen molar-refractivity contribution in [3.63, 3.8) is 0 Å². The number of rotatable bonds is 2. The predicted molar refractivity (Wildman–Crippen MR) is 110 cm³/mol. The van der Waals surface area contributed by atoms with Gasteiger partial charge in [-0.25, -0.2) is 18.7 Å². The number of carbonyl (C=O) groups excluding carboxylic acids is 2. The van der Waals surface area contributed by atoms with Gasteiger partial charge in [0, 0.05) is 17.6 Å². The van der Waals surface area contributed by atoms with Gasteiger partial charge in [0.15, 0.2) is 0 Å². The van der Waals surface area contributed by atoms with Crippen LogP contribution in [0.2, 0.25) is 0 Å². The maximum atomic E-state index is 14.3. The molecule has 0 bridgehead atoms. The van der Waals surface area contributed by atoms with Crippen LogP contribution in [0.5, 0.6) is 0 Å². The number of aromatic nitrogens is 2. The third-order valence-corrected chi connectivity index (χ3v) is 6.52. The van der Waals surface area contributed by atoms with Crippen LogP contribution < -0.4 is 10.9 Å². The lowest BCUT2D eigenvalue weighted by atomic mass is 9.88. The minimum Gasteiger partial charge on any atom is -0.375 e. The number of nitrogens with zero attached hydrogens (tertiary/aromatic N) is 3. The first-order chi connectivity index (χ1) is 15.4. The number of aromatic amines is 1. The molecule has 3 amide bonds. The fourth-order valence-electron chi connectivity index (χ4n) is 5.13. The van der Waals surface area contributed by atoms with Crippen molar-refractivity contribution in [3.05, 3.63) is 69.6 Å². The monoisotopic (exact) mass is 437 g/mol. The zero-order chi connectivity index (χ0) is 22.1. The maximum absolute atomic E-state index is 14.3. The highest BCUT2D eigenvalue weighted by molar-refractivity contribution is 6.06. The van der Waals surface area contributed by atoms with Crippen LogP contribution >= 0.6 is 0 Å². The third-order valence-electron chi connectivity index (χ3n) is 6.52. The maximum Gasteiger partial charge on any atom is 0.328 e. The van der Waals surface area contributed by atoms with Gasteiger partial charge in [-0.3, -0.25) is 14.5 Å². The van der Waals surface area contributed by atoms with Crippen LogP contribution in [-0.4, -0.2) is 44.5 Å². The second kappa shape index (κ2) is 6.59. The molecular weight excluding hydrogens is 420 g/mol. The summed E-state index contributed by atoms with van der Waals surface area (Å²) >= 11 is 0. The molecule has 2 fully saturated rings. The molecule has 2 unspecified atom stereocenters. The van der Waals surface area contributed by atoms with E-state index < -0.39 is 41.4 Å². The van der Waals surface area contributed by atoms with Gasteiger partial charge < -0.3 is 10.2 Å². The highest BCUT2D eigenvalue weighted by Crippen LogP contribution is 2.47. The second-order valence-corrected chi connectivity index (χ2v) is 8.27. The normalized spacial score (nSPS) is 24.2. The van der Waals surface area contributed by atoms with Gasteiger partial charge in [-0.1, -0.05) is 12.1 Å². The smallest absolute Gasteiger partial charge is 0.328 e. The molecule has 2 aromatic carbocycles. The molecule has 0 aliphatic carbocycles. The zero-order valence-corrected chi connectivity index (χ0v) is 16.6. The van der Waals surface area contributed by atoms with Crippen molar-refractivity contribution in [2.75, 3.05) is 11.9 Å². The summed E-state index contributed by atoms with van der Waals surface area (Å²) in [5.74, 6) is -1.39. The first-order valence-corrected chi connectivity index (χ1v) is 10.3. The number of anilines is 1. The van der Waals surface area contributed by atoms with E-state index in [4.69, 9.17) is 0 Å². The Morgan fingerprint density at radius 2 is 1.81 bits per heavy atom. The molecular formula is C22H17F2N5O3. The lowest BCUT2D eigenvalue weighted by Gasteiger charge is -2.38. The Bertz CT molecular complexity index is 1330. The Labute approximate surface area is 179 Å². The molecule has 0 saturated carbocycles. The highest BCUT2D eigenvalue weighted by atomic mass is 19.1. The highest BCUT2D eigenvalue weighted by Gasteiger charge is 2.53. The van der Waals surface area contributed by atoms with E-state index in [0.717, 1.165) is 12.5 Å². The molecule has 0 radical (unpaired) electrons. The molecule has 32 heavy (non-hydrogen) atoms.